The minimum atomic E-state index is -2.47. The van der Waals surface area contributed by atoms with E-state index in [-0.39, 0.29) is 6.42 Å². The average molecular weight is 134 g/mol. The van der Waals surface area contributed by atoms with Crippen molar-refractivity contribution in [2.75, 3.05) is 0 Å². The van der Waals surface area contributed by atoms with Crippen LogP contribution in [0, 0.1) is 5.92 Å². The Balaban J connectivity index is 3.28. The Labute approximate surface area is 54.9 Å². The van der Waals surface area contributed by atoms with Gasteiger partial charge in [-0.3, -0.25) is 0 Å². The molecule has 0 spiro atoms. The van der Waals surface area contributed by atoms with Crippen LogP contribution in [-0.2, 0) is 0 Å². The molecule has 0 saturated carbocycles. The summed E-state index contributed by atoms with van der Waals surface area (Å²) in [6.07, 6.45) is 0.633. The van der Waals surface area contributed by atoms with E-state index in [4.69, 9.17) is 15.3 Å². The largest absolute Gasteiger partial charge is 0.344 e. The number of hydrogen-bond acceptors (Lipinski definition) is 3. The first-order valence-electron chi connectivity index (χ1n) is 3.09. The third-order valence-corrected chi connectivity index (χ3v) is 1.06. The van der Waals surface area contributed by atoms with E-state index in [2.05, 4.69) is 0 Å². The van der Waals surface area contributed by atoms with Gasteiger partial charge in [0.15, 0.2) is 0 Å². The van der Waals surface area contributed by atoms with Crippen LogP contribution in [0.15, 0.2) is 0 Å². The molecule has 9 heavy (non-hydrogen) atoms. The Morgan fingerprint density at radius 3 is 1.78 bits per heavy atom. The third-order valence-electron chi connectivity index (χ3n) is 1.06. The maximum atomic E-state index is 8.38. The van der Waals surface area contributed by atoms with Crippen LogP contribution in [0.3, 0.4) is 0 Å². The number of rotatable bonds is 3. The molecule has 0 fully saturated rings. The van der Waals surface area contributed by atoms with Crippen molar-refractivity contribution in [3.63, 3.8) is 0 Å². The average Bonchev–Trinajstić information content (AvgIpc) is 1.59. The normalized spacial score (nSPS) is 12.7. The molecule has 0 aliphatic heterocycles. The van der Waals surface area contributed by atoms with E-state index in [1.54, 1.807) is 0 Å². The summed E-state index contributed by atoms with van der Waals surface area (Å²) in [4.78, 5) is 0. The Kier molecular flexibility index (Phi) is 3.11. The first-order valence-corrected chi connectivity index (χ1v) is 3.09. The molecule has 0 amide bonds. The van der Waals surface area contributed by atoms with Crippen molar-refractivity contribution in [2.45, 2.75) is 32.7 Å². The monoisotopic (exact) mass is 134 g/mol. The second-order valence-corrected chi connectivity index (χ2v) is 2.71. The minimum absolute atomic E-state index is 0.0185. The minimum Gasteiger partial charge on any atom is -0.344 e. The Morgan fingerprint density at radius 2 is 1.67 bits per heavy atom. The zero-order chi connectivity index (χ0) is 7.49. The highest BCUT2D eigenvalue weighted by molar-refractivity contribution is 4.50. The van der Waals surface area contributed by atoms with Gasteiger partial charge in [-0.1, -0.05) is 13.8 Å². The fourth-order valence-electron chi connectivity index (χ4n) is 0.482. The van der Waals surface area contributed by atoms with Gasteiger partial charge in [0.05, 0.1) is 0 Å². The molecule has 0 atom stereocenters. The topological polar surface area (TPSA) is 60.7 Å². The quantitative estimate of drug-likeness (QED) is 0.478. The lowest BCUT2D eigenvalue weighted by Crippen LogP contribution is -2.27. The zero-order valence-electron chi connectivity index (χ0n) is 5.83. The summed E-state index contributed by atoms with van der Waals surface area (Å²) in [5.74, 6) is -2.08. The van der Waals surface area contributed by atoms with Gasteiger partial charge >= 0.3 is 0 Å². The molecule has 56 valence electrons. The molecule has 0 aromatic carbocycles. The van der Waals surface area contributed by atoms with Crippen LogP contribution < -0.4 is 0 Å². The van der Waals surface area contributed by atoms with Crippen LogP contribution in [0.5, 0.6) is 0 Å². The molecular weight excluding hydrogens is 120 g/mol. The van der Waals surface area contributed by atoms with E-state index in [1.165, 1.54) is 0 Å². The molecular formula is C6H14O3. The van der Waals surface area contributed by atoms with E-state index >= 15 is 0 Å². The Bertz CT molecular complexity index is 72.9. The summed E-state index contributed by atoms with van der Waals surface area (Å²) in [5, 5.41) is 25.1. The van der Waals surface area contributed by atoms with E-state index in [1.807, 2.05) is 13.8 Å². The number of aliphatic hydroxyl groups is 3. The molecule has 3 N–H and O–H groups in total. The molecule has 0 bridgehead atoms. The second-order valence-electron chi connectivity index (χ2n) is 2.71. The molecule has 0 radical (unpaired) electrons. The van der Waals surface area contributed by atoms with Gasteiger partial charge in [0, 0.05) is 6.42 Å². The lowest BCUT2D eigenvalue weighted by molar-refractivity contribution is -0.315. The Hall–Kier alpha value is -0.120. The van der Waals surface area contributed by atoms with E-state index < -0.39 is 5.97 Å². The summed E-state index contributed by atoms with van der Waals surface area (Å²) in [6, 6.07) is 0. The maximum Gasteiger partial charge on any atom is 0.275 e. The fourth-order valence-corrected chi connectivity index (χ4v) is 0.482. The van der Waals surface area contributed by atoms with Crippen LogP contribution in [0.4, 0.5) is 0 Å². The van der Waals surface area contributed by atoms with Crippen molar-refractivity contribution in [1.82, 2.24) is 0 Å². The van der Waals surface area contributed by atoms with Crippen molar-refractivity contribution < 1.29 is 15.3 Å². The van der Waals surface area contributed by atoms with Crippen LogP contribution in [0.2, 0.25) is 0 Å². The second kappa shape index (κ2) is 3.15. The van der Waals surface area contributed by atoms with Crippen molar-refractivity contribution in [3.8, 4) is 0 Å². The highest BCUT2D eigenvalue weighted by Crippen LogP contribution is 2.10. The smallest absolute Gasteiger partial charge is 0.275 e. The highest BCUT2D eigenvalue weighted by Gasteiger charge is 2.17. The molecule has 3 nitrogen and oxygen atoms in total. The van der Waals surface area contributed by atoms with E-state index in [9.17, 15) is 0 Å². The van der Waals surface area contributed by atoms with Crippen LogP contribution in [0.25, 0.3) is 0 Å². The van der Waals surface area contributed by atoms with E-state index in [0.717, 1.165) is 0 Å². The predicted molar refractivity (Wildman–Crippen MR) is 33.5 cm³/mol. The molecule has 0 unspecified atom stereocenters. The standard InChI is InChI=1S/C6H14O3/c1-5(2)3-4-6(7,8)9/h5,7-9H,3-4H2,1-2H3. The first kappa shape index (κ1) is 8.88. The molecule has 0 saturated heterocycles. The van der Waals surface area contributed by atoms with Crippen LogP contribution >= 0.6 is 0 Å². The third kappa shape index (κ3) is 7.88. The van der Waals surface area contributed by atoms with Gasteiger partial charge in [0.1, 0.15) is 0 Å². The van der Waals surface area contributed by atoms with Crippen molar-refractivity contribution >= 4 is 0 Å². The molecule has 0 aromatic heterocycles. The summed E-state index contributed by atoms with van der Waals surface area (Å²) in [7, 11) is 0. The molecule has 0 heterocycles. The zero-order valence-corrected chi connectivity index (χ0v) is 5.83. The molecule has 0 aromatic rings. The summed E-state index contributed by atoms with van der Waals surface area (Å²) in [5.41, 5.74) is 0. The van der Waals surface area contributed by atoms with Crippen molar-refractivity contribution in [2.24, 2.45) is 5.92 Å². The van der Waals surface area contributed by atoms with Gasteiger partial charge in [0.25, 0.3) is 5.97 Å². The van der Waals surface area contributed by atoms with Crippen molar-refractivity contribution in [1.29, 1.82) is 0 Å². The lowest BCUT2D eigenvalue weighted by Gasteiger charge is -2.14. The predicted octanol–water partition coefficient (Wildman–Crippen LogP) is 0.0533. The van der Waals surface area contributed by atoms with Crippen LogP contribution in [-0.4, -0.2) is 21.3 Å². The van der Waals surface area contributed by atoms with Gasteiger partial charge in [-0.25, -0.2) is 0 Å². The first-order chi connectivity index (χ1) is 3.92. The number of hydrogen-bond donors (Lipinski definition) is 3. The van der Waals surface area contributed by atoms with Crippen LogP contribution in [0.1, 0.15) is 26.7 Å². The molecule has 0 aliphatic rings. The van der Waals surface area contributed by atoms with Gasteiger partial charge in [-0.2, -0.15) is 0 Å². The molecule has 3 heteroatoms. The summed E-state index contributed by atoms with van der Waals surface area (Å²) < 4.78 is 0. The van der Waals surface area contributed by atoms with Gasteiger partial charge in [-0.15, -0.1) is 0 Å². The van der Waals surface area contributed by atoms with E-state index in [0.29, 0.717) is 12.3 Å². The van der Waals surface area contributed by atoms with Gasteiger partial charge in [0.2, 0.25) is 0 Å². The molecule has 0 rings (SSSR count). The Morgan fingerprint density at radius 1 is 1.22 bits per heavy atom. The lowest BCUT2D eigenvalue weighted by atomic mass is 10.1. The maximum absolute atomic E-state index is 8.38. The summed E-state index contributed by atoms with van der Waals surface area (Å²) in [6.45, 7) is 3.90. The van der Waals surface area contributed by atoms with Gasteiger partial charge in [-0.05, 0) is 12.3 Å². The SMILES string of the molecule is CC(C)CCC(O)(O)O. The van der Waals surface area contributed by atoms with Crippen molar-refractivity contribution in [3.05, 3.63) is 0 Å². The molecule has 0 aliphatic carbocycles. The summed E-state index contributed by atoms with van der Waals surface area (Å²) >= 11 is 0. The highest BCUT2D eigenvalue weighted by atomic mass is 16.7. The fraction of sp³-hybridized carbons (Fsp3) is 1.00. The van der Waals surface area contributed by atoms with Gasteiger partial charge < -0.3 is 15.3 Å².